The molecule has 9 heteroatoms. The summed E-state index contributed by atoms with van der Waals surface area (Å²) in [6.07, 6.45) is 0. The topological polar surface area (TPSA) is 119 Å². The second-order valence-electron chi connectivity index (χ2n) is 2.29. The van der Waals surface area contributed by atoms with Crippen LogP contribution in [0, 0.1) is 0 Å². The van der Waals surface area contributed by atoms with E-state index in [-0.39, 0.29) is 6.61 Å². The van der Waals surface area contributed by atoms with E-state index in [2.05, 4.69) is 9.26 Å². The second kappa shape index (κ2) is 14.8. The van der Waals surface area contributed by atoms with Gasteiger partial charge in [0.25, 0.3) is 5.17 Å². The van der Waals surface area contributed by atoms with Crippen LogP contribution in [0.5, 0.6) is 0 Å². The molecule has 0 aliphatic carbocycles. The van der Waals surface area contributed by atoms with Crippen LogP contribution >= 0.6 is 20.0 Å². The molecule has 0 spiro atoms. The molecule has 0 amide bonds. The van der Waals surface area contributed by atoms with Crippen molar-refractivity contribution >= 4 is 25.2 Å². The van der Waals surface area contributed by atoms with Crippen molar-refractivity contribution in [3.63, 3.8) is 0 Å². The number of methoxy groups -OCH3 is 2. The molecule has 0 aliphatic rings. The van der Waals surface area contributed by atoms with Gasteiger partial charge >= 0.3 is 8.25 Å². The van der Waals surface area contributed by atoms with Crippen LogP contribution in [-0.2, 0) is 18.6 Å². The quantitative estimate of drug-likeness (QED) is 0.241. The molecule has 0 aromatic heterocycles. The maximum atomic E-state index is 9.63. The normalized spacial score (nSPS) is 10.3. The Morgan fingerprint density at radius 2 is 1.94 bits per heavy atom. The lowest BCUT2D eigenvalue weighted by atomic mass is 10.8. The van der Waals surface area contributed by atoms with E-state index in [4.69, 9.17) is 15.9 Å². The van der Waals surface area contributed by atoms with E-state index in [0.29, 0.717) is 18.4 Å². The van der Waals surface area contributed by atoms with Crippen LogP contribution in [-0.4, -0.2) is 45.0 Å². The monoisotopic (exact) mass is 273 g/mol. The zero-order valence-corrected chi connectivity index (χ0v) is 11.1. The zero-order valence-electron chi connectivity index (χ0n) is 9.38. The summed E-state index contributed by atoms with van der Waals surface area (Å²) in [5, 5.41) is 5.54. The van der Waals surface area contributed by atoms with Gasteiger partial charge in [0, 0.05) is 20.0 Å². The van der Waals surface area contributed by atoms with E-state index in [0.717, 1.165) is 5.75 Å². The lowest BCUT2D eigenvalue weighted by Crippen LogP contribution is -2.43. The van der Waals surface area contributed by atoms with Crippen molar-refractivity contribution in [3.8, 4) is 0 Å². The molecule has 0 aromatic carbocycles. The fraction of sp³-hybridized carbons (Fsp3) is 0.857. The summed E-state index contributed by atoms with van der Waals surface area (Å²) >= 11 is 1.40. The minimum atomic E-state index is -2.69. The molecule has 0 aromatic rings. The van der Waals surface area contributed by atoms with Gasteiger partial charge in [0.2, 0.25) is 0 Å². The highest BCUT2D eigenvalue weighted by Crippen LogP contribution is 2.06. The summed E-state index contributed by atoms with van der Waals surface area (Å²) in [4.78, 5) is 9.63. The molecule has 0 bridgehead atoms. The Morgan fingerprint density at radius 3 is 2.31 bits per heavy atom. The maximum absolute atomic E-state index is 9.63. The Labute approximate surface area is 100 Å². The van der Waals surface area contributed by atoms with Crippen molar-refractivity contribution in [1.82, 2.24) is 0 Å². The highest BCUT2D eigenvalue weighted by molar-refractivity contribution is 8.13. The summed E-state index contributed by atoms with van der Waals surface area (Å²) in [5.41, 5.74) is 5.14. The van der Waals surface area contributed by atoms with Gasteiger partial charge in [-0.2, -0.15) is 0 Å². The number of hydrogen-bond donors (Lipinski definition) is 2. The molecular formula is C7H18N2O5PS+. The van der Waals surface area contributed by atoms with Crippen LogP contribution < -0.4 is 16.0 Å². The second-order valence-corrected chi connectivity index (χ2v) is 4.17. The average molecular weight is 273 g/mol. The predicted molar refractivity (Wildman–Crippen MR) is 60.9 cm³/mol. The molecular weight excluding hydrogens is 255 g/mol. The summed E-state index contributed by atoms with van der Waals surface area (Å²) in [6.45, 7) is 1.11. The van der Waals surface area contributed by atoms with Crippen LogP contribution in [0.1, 0.15) is 0 Å². The molecule has 0 heterocycles. The summed E-state index contributed by atoms with van der Waals surface area (Å²) < 4.78 is 23.0. The summed E-state index contributed by atoms with van der Waals surface area (Å²) in [5.74, 6) is 0.832. The van der Waals surface area contributed by atoms with E-state index < -0.39 is 8.25 Å². The largest absolute Gasteiger partial charge is 0.566 e. The summed E-state index contributed by atoms with van der Waals surface area (Å²) in [7, 11) is 0.427. The maximum Gasteiger partial charge on any atom is 0.488 e. The van der Waals surface area contributed by atoms with Crippen molar-refractivity contribution in [1.29, 1.82) is 0 Å². The minimum Gasteiger partial charge on any atom is -0.566 e. The number of nitrogens with two attached hydrogens (primary N) is 2. The Bertz CT molecular complexity index is 176. The van der Waals surface area contributed by atoms with Crippen molar-refractivity contribution in [2.45, 2.75) is 0 Å². The van der Waals surface area contributed by atoms with Gasteiger partial charge < -0.3 is 14.4 Å². The third-order valence-electron chi connectivity index (χ3n) is 1.04. The molecule has 16 heavy (non-hydrogen) atoms. The van der Waals surface area contributed by atoms with Gasteiger partial charge in [-0.15, -0.1) is 4.52 Å². The molecule has 7 nitrogen and oxygen atoms in total. The Balaban J connectivity index is 0. The molecule has 1 unspecified atom stereocenters. The number of rotatable bonds is 7. The van der Waals surface area contributed by atoms with Crippen LogP contribution in [0.3, 0.4) is 0 Å². The van der Waals surface area contributed by atoms with Gasteiger partial charge in [-0.25, -0.2) is 0 Å². The van der Waals surface area contributed by atoms with Gasteiger partial charge in [0.1, 0.15) is 6.61 Å². The molecule has 0 radical (unpaired) electrons. The van der Waals surface area contributed by atoms with Crippen LogP contribution in [0.15, 0.2) is 0 Å². The van der Waals surface area contributed by atoms with Gasteiger partial charge in [-0.3, -0.25) is 11.1 Å². The standard InChI is InChI=1S/C4H10N2OS.C3H7O4P/c1-7-2-3-8-4(5)6;1-6-2-3-7-8(4)5/h2-3H2,1H3,(H3,5,6);2-3H2,1H3/p+1. The lowest BCUT2D eigenvalue weighted by molar-refractivity contribution is -0.186. The van der Waals surface area contributed by atoms with Gasteiger partial charge in [-0.1, -0.05) is 0 Å². The number of hydrogen-bond acceptors (Lipinski definition) is 6. The highest BCUT2D eigenvalue weighted by atomic mass is 32.2. The fourth-order valence-corrected chi connectivity index (χ4v) is 1.15. The fourth-order valence-electron chi connectivity index (χ4n) is 0.438. The Morgan fingerprint density at radius 1 is 1.38 bits per heavy atom. The smallest absolute Gasteiger partial charge is 0.488 e. The third-order valence-corrected chi connectivity index (χ3v) is 2.14. The molecule has 4 N–H and O–H groups in total. The van der Waals surface area contributed by atoms with E-state index >= 15 is 0 Å². The molecule has 1 atom stereocenters. The Hall–Kier alpha value is -0.240. The van der Waals surface area contributed by atoms with Crippen LogP contribution in [0.4, 0.5) is 0 Å². The molecule has 0 saturated carbocycles. The third kappa shape index (κ3) is 23.5. The Kier molecular flexibility index (Phi) is 16.7. The van der Waals surface area contributed by atoms with E-state index in [1.165, 1.54) is 18.9 Å². The number of ether oxygens (including phenoxy) is 2. The van der Waals surface area contributed by atoms with E-state index in [1.807, 2.05) is 0 Å². The van der Waals surface area contributed by atoms with Crippen molar-refractivity contribution in [2.24, 2.45) is 5.73 Å². The van der Waals surface area contributed by atoms with Crippen LogP contribution in [0.2, 0.25) is 0 Å². The first-order valence-electron chi connectivity index (χ1n) is 4.30. The van der Waals surface area contributed by atoms with Gasteiger partial charge in [0.15, 0.2) is 0 Å². The molecule has 96 valence electrons. The first kappa shape index (κ1) is 18.1. The summed E-state index contributed by atoms with van der Waals surface area (Å²) in [6, 6.07) is 0. The highest BCUT2D eigenvalue weighted by Gasteiger charge is 1.97. The predicted octanol–water partition coefficient (Wildman–Crippen LogP) is -1.89. The van der Waals surface area contributed by atoms with Crippen molar-refractivity contribution in [3.05, 3.63) is 0 Å². The lowest BCUT2D eigenvalue weighted by Gasteiger charge is -1.91. The van der Waals surface area contributed by atoms with Crippen molar-refractivity contribution in [2.75, 3.05) is 39.8 Å². The minimum absolute atomic E-state index is 0.106. The molecule has 0 aliphatic heterocycles. The van der Waals surface area contributed by atoms with Crippen molar-refractivity contribution < 1.29 is 28.9 Å². The van der Waals surface area contributed by atoms with E-state index in [9.17, 15) is 9.46 Å². The molecule has 0 fully saturated rings. The van der Waals surface area contributed by atoms with E-state index in [1.54, 1.807) is 7.11 Å². The SMILES string of the molecule is COCCO[P+](=O)[O-].COCCSC(N)=[NH2+]. The molecule has 0 rings (SSSR count). The average Bonchev–Trinajstić information content (AvgIpc) is 2.18. The first-order valence-corrected chi connectivity index (χ1v) is 6.38. The van der Waals surface area contributed by atoms with Gasteiger partial charge in [0.05, 0.1) is 13.2 Å². The zero-order chi connectivity index (χ0) is 12.8. The number of amidine groups is 1. The van der Waals surface area contributed by atoms with Gasteiger partial charge in [-0.05, 0) is 16.3 Å². The van der Waals surface area contributed by atoms with Crippen LogP contribution in [0.25, 0.3) is 0 Å². The molecule has 0 saturated heterocycles. The first-order chi connectivity index (χ1) is 7.54. The number of thioether (sulfide) groups is 1.